The van der Waals surface area contributed by atoms with E-state index in [0.29, 0.717) is 20.8 Å². The molecule has 150 valence electrons. The van der Waals surface area contributed by atoms with Crippen LogP contribution in [0.1, 0.15) is 6.92 Å². The summed E-state index contributed by atoms with van der Waals surface area (Å²) in [6.45, 7) is 1.38. The molecule has 0 spiro atoms. The highest BCUT2D eigenvalue weighted by Gasteiger charge is 2.54. The zero-order chi connectivity index (χ0) is 20.4. The summed E-state index contributed by atoms with van der Waals surface area (Å²) < 4.78 is 0.542. The lowest BCUT2D eigenvalue weighted by Crippen LogP contribution is -2.70. The minimum atomic E-state index is -1.24. The Labute approximate surface area is 171 Å². The van der Waals surface area contributed by atoms with Gasteiger partial charge in [-0.1, -0.05) is 23.1 Å². The Bertz CT molecular complexity index is 871. The third-order valence-corrected chi connectivity index (χ3v) is 7.09. The molecular weight excluding hydrogens is 428 g/mol. The van der Waals surface area contributed by atoms with Gasteiger partial charge in [-0.3, -0.25) is 19.3 Å². The lowest BCUT2D eigenvalue weighted by Gasteiger charge is -2.49. The number of amides is 3. The van der Waals surface area contributed by atoms with Gasteiger partial charge in [0.15, 0.2) is 4.34 Å². The summed E-state index contributed by atoms with van der Waals surface area (Å²) in [6.07, 6.45) is 0. The molecule has 3 heterocycles. The molecule has 3 amide bonds. The molecule has 2 atom stereocenters. The highest BCUT2D eigenvalue weighted by molar-refractivity contribution is 8.01. The van der Waals surface area contributed by atoms with Crippen molar-refractivity contribution in [1.82, 2.24) is 25.7 Å². The topological polar surface area (TPSA) is 168 Å². The van der Waals surface area contributed by atoms with Gasteiger partial charge < -0.3 is 21.5 Å². The van der Waals surface area contributed by atoms with Crippen LogP contribution in [0.2, 0.25) is 0 Å². The van der Waals surface area contributed by atoms with Crippen molar-refractivity contribution in [2.75, 3.05) is 23.8 Å². The lowest BCUT2D eigenvalue weighted by molar-refractivity contribution is -0.150. The van der Waals surface area contributed by atoms with Gasteiger partial charge in [0.25, 0.3) is 5.91 Å². The van der Waals surface area contributed by atoms with E-state index in [-0.39, 0.29) is 29.8 Å². The number of nitrogen functional groups attached to an aromatic ring is 1. The number of nitrogens with two attached hydrogens (primary N) is 1. The number of carbonyl (C=O) groups excluding carboxylic acids is 3. The first-order valence-electron chi connectivity index (χ1n) is 7.93. The molecule has 28 heavy (non-hydrogen) atoms. The summed E-state index contributed by atoms with van der Waals surface area (Å²) in [4.78, 5) is 48.5. The lowest BCUT2D eigenvalue weighted by atomic mass is 10.0. The Morgan fingerprint density at radius 3 is 2.75 bits per heavy atom. The van der Waals surface area contributed by atoms with Crippen LogP contribution in [0.3, 0.4) is 0 Å². The standard InChI is InChI=1S/C14H16N6O5S3/c1-5(21)16-2-6-3-26-11-8(10(23)20(11)9(6)12(24)25)17-7(22)4-27-14-19-18-13(15)28-14/h8,11H,2-4H2,1H3,(H2,15,18)(H,16,21)(H,17,22)(H,24,25)/t8?,11-/m0/s1. The second-order valence-electron chi connectivity index (χ2n) is 5.82. The van der Waals surface area contributed by atoms with Crippen LogP contribution in [0.15, 0.2) is 15.6 Å². The van der Waals surface area contributed by atoms with Gasteiger partial charge in [0, 0.05) is 19.2 Å². The van der Waals surface area contributed by atoms with Gasteiger partial charge in [-0.15, -0.1) is 22.0 Å². The molecule has 1 saturated heterocycles. The van der Waals surface area contributed by atoms with Crippen LogP contribution >= 0.6 is 34.9 Å². The molecular formula is C14H16N6O5S3. The number of aromatic nitrogens is 2. The van der Waals surface area contributed by atoms with Crippen molar-refractivity contribution in [1.29, 1.82) is 0 Å². The Morgan fingerprint density at radius 2 is 2.14 bits per heavy atom. The monoisotopic (exact) mass is 444 g/mol. The normalized spacial score (nSPS) is 21.0. The molecule has 1 aromatic heterocycles. The number of nitrogens with zero attached hydrogens (tertiary/aromatic N) is 3. The zero-order valence-electron chi connectivity index (χ0n) is 14.5. The quantitative estimate of drug-likeness (QED) is 0.305. The van der Waals surface area contributed by atoms with Crippen LogP contribution in [-0.4, -0.2) is 73.4 Å². The Kier molecular flexibility index (Phi) is 6.10. The van der Waals surface area contributed by atoms with E-state index in [1.54, 1.807) is 0 Å². The molecule has 2 aliphatic heterocycles. The summed E-state index contributed by atoms with van der Waals surface area (Å²) in [7, 11) is 0. The highest BCUT2D eigenvalue weighted by Crippen LogP contribution is 2.40. The number of carboxylic acid groups (broad SMARTS) is 1. The zero-order valence-corrected chi connectivity index (χ0v) is 16.9. The highest BCUT2D eigenvalue weighted by atomic mass is 32.2. The number of anilines is 1. The number of rotatable bonds is 7. The summed E-state index contributed by atoms with van der Waals surface area (Å²) in [5.74, 6) is -2.03. The van der Waals surface area contributed by atoms with Crippen molar-refractivity contribution in [2.45, 2.75) is 22.7 Å². The average Bonchev–Trinajstić information content (AvgIpc) is 3.06. The van der Waals surface area contributed by atoms with Crippen LogP contribution in [0, 0.1) is 0 Å². The van der Waals surface area contributed by atoms with E-state index < -0.39 is 23.3 Å². The minimum Gasteiger partial charge on any atom is -0.477 e. The number of hydrogen-bond acceptors (Lipinski definition) is 10. The SMILES string of the molecule is CC(=O)NCC1=C(C(=O)O)N2C(=O)C(NC(=O)CSc3nnc(N)s3)[C@@H]2SC1. The van der Waals surface area contributed by atoms with E-state index in [1.807, 2.05) is 0 Å². The van der Waals surface area contributed by atoms with E-state index in [4.69, 9.17) is 5.73 Å². The Morgan fingerprint density at radius 1 is 1.39 bits per heavy atom. The van der Waals surface area contributed by atoms with Crippen molar-refractivity contribution in [3.8, 4) is 0 Å². The Hall–Kier alpha value is -2.32. The number of nitrogens with one attached hydrogen (secondary N) is 2. The molecule has 5 N–H and O–H groups in total. The summed E-state index contributed by atoms with van der Waals surface area (Å²) in [5.41, 5.74) is 5.79. The van der Waals surface area contributed by atoms with Crippen LogP contribution in [-0.2, 0) is 19.2 Å². The molecule has 2 aliphatic rings. The molecule has 1 aromatic rings. The number of aliphatic carboxylic acids is 1. The molecule has 0 aromatic carbocycles. The summed E-state index contributed by atoms with van der Waals surface area (Å²) >= 11 is 3.64. The van der Waals surface area contributed by atoms with Gasteiger partial charge in [0.2, 0.25) is 16.9 Å². The first-order chi connectivity index (χ1) is 13.3. The van der Waals surface area contributed by atoms with E-state index in [9.17, 15) is 24.3 Å². The number of β-lactam (4-membered cyclic amide) rings is 1. The van der Waals surface area contributed by atoms with Gasteiger partial charge in [-0.2, -0.15) is 0 Å². The van der Waals surface area contributed by atoms with Gasteiger partial charge in [0.05, 0.1) is 5.75 Å². The van der Waals surface area contributed by atoms with Gasteiger partial charge in [-0.25, -0.2) is 4.79 Å². The van der Waals surface area contributed by atoms with E-state index in [0.717, 1.165) is 28.0 Å². The molecule has 0 saturated carbocycles. The second-order valence-corrected chi connectivity index (χ2v) is 9.15. The molecule has 1 fully saturated rings. The fourth-order valence-electron chi connectivity index (χ4n) is 2.67. The predicted octanol–water partition coefficient (Wildman–Crippen LogP) is -0.913. The minimum absolute atomic E-state index is 0.0329. The largest absolute Gasteiger partial charge is 0.477 e. The molecule has 0 aliphatic carbocycles. The molecule has 0 radical (unpaired) electrons. The maximum atomic E-state index is 12.5. The van der Waals surface area contributed by atoms with Crippen LogP contribution in [0.4, 0.5) is 5.13 Å². The fourth-order valence-corrected chi connectivity index (χ4v) is 5.46. The third-order valence-electron chi connectivity index (χ3n) is 3.87. The number of fused-ring (bicyclic) bond motifs is 1. The summed E-state index contributed by atoms with van der Waals surface area (Å²) in [6, 6.07) is -0.797. The van der Waals surface area contributed by atoms with E-state index in [2.05, 4.69) is 20.8 Å². The fraction of sp³-hybridized carbons (Fsp3) is 0.429. The van der Waals surface area contributed by atoms with Gasteiger partial charge in [-0.05, 0) is 5.57 Å². The van der Waals surface area contributed by atoms with Crippen molar-refractivity contribution >= 4 is 63.7 Å². The van der Waals surface area contributed by atoms with Crippen molar-refractivity contribution < 1.29 is 24.3 Å². The number of carboxylic acids is 1. The van der Waals surface area contributed by atoms with Crippen LogP contribution < -0.4 is 16.4 Å². The molecule has 0 bridgehead atoms. The smallest absolute Gasteiger partial charge is 0.352 e. The first kappa shape index (κ1) is 20.4. The predicted molar refractivity (Wildman–Crippen MR) is 103 cm³/mol. The molecule has 11 nitrogen and oxygen atoms in total. The number of thioether (sulfide) groups is 2. The van der Waals surface area contributed by atoms with Crippen molar-refractivity contribution in [3.05, 3.63) is 11.3 Å². The second kappa shape index (κ2) is 8.36. The Balaban J connectivity index is 1.62. The van der Waals surface area contributed by atoms with Gasteiger partial charge in [0.1, 0.15) is 17.1 Å². The molecule has 1 unspecified atom stereocenters. The maximum Gasteiger partial charge on any atom is 0.352 e. The summed E-state index contributed by atoms with van der Waals surface area (Å²) in [5, 5.41) is 21.9. The average molecular weight is 445 g/mol. The van der Waals surface area contributed by atoms with E-state index >= 15 is 0 Å². The first-order valence-corrected chi connectivity index (χ1v) is 10.8. The maximum absolute atomic E-state index is 12.5. The van der Waals surface area contributed by atoms with Gasteiger partial charge >= 0.3 is 5.97 Å². The van der Waals surface area contributed by atoms with Crippen molar-refractivity contribution in [2.24, 2.45) is 0 Å². The van der Waals surface area contributed by atoms with Crippen LogP contribution in [0.5, 0.6) is 0 Å². The molecule has 14 heteroatoms. The third kappa shape index (κ3) is 4.23. The van der Waals surface area contributed by atoms with Crippen LogP contribution in [0.25, 0.3) is 0 Å². The van der Waals surface area contributed by atoms with Crippen molar-refractivity contribution in [3.63, 3.8) is 0 Å². The number of hydrogen-bond donors (Lipinski definition) is 4. The van der Waals surface area contributed by atoms with E-state index in [1.165, 1.54) is 18.7 Å². The molecule has 3 rings (SSSR count). The number of carbonyl (C=O) groups is 4.